The number of aryl methyl sites for hydroxylation is 1. The van der Waals surface area contributed by atoms with E-state index in [4.69, 9.17) is 16.3 Å². The number of anilines is 2. The summed E-state index contributed by atoms with van der Waals surface area (Å²) in [5, 5.41) is 3.11. The summed E-state index contributed by atoms with van der Waals surface area (Å²) in [6, 6.07) is 16.3. The summed E-state index contributed by atoms with van der Waals surface area (Å²) in [5.74, 6) is -0.524. The lowest BCUT2D eigenvalue weighted by Gasteiger charge is -2.31. The van der Waals surface area contributed by atoms with Gasteiger partial charge in [0.1, 0.15) is 10.6 Å². The van der Waals surface area contributed by atoms with Crippen LogP contribution in [0.15, 0.2) is 65.6 Å². The highest BCUT2D eigenvalue weighted by molar-refractivity contribution is 7.93. The Morgan fingerprint density at radius 2 is 1.78 bits per heavy atom. The molecule has 0 saturated carbocycles. The lowest BCUT2D eigenvalue weighted by molar-refractivity contribution is -0.139. The minimum absolute atomic E-state index is 0.0215. The third-order valence-electron chi connectivity index (χ3n) is 5.91. The lowest BCUT2D eigenvalue weighted by atomic mass is 10.0. The SMILES string of the molecule is COC(=O)Cc1ccc(C(=O)Nc2ccc3c(c2)N(S(=O)(=O)c2cc(Cl)ccc2OC)CCC3)cc1. The Morgan fingerprint density at radius 1 is 1.03 bits per heavy atom. The minimum atomic E-state index is -3.98. The molecule has 1 aliphatic heterocycles. The third-order valence-corrected chi connectivity index (χ3v) is 7.97. The summed E-state index contributed by atoms with van der Waals surface area (Å²) >= 11 is 6.09. The van der Waals surface area contributed by atoms with E-state index in [-0.39, 0.29) is 40.5 Å². The monoisotopic (exact) mass is 528 g/mol. The number of nitrogens with one attached hydrogen (secondary N) is 1. The number of carbonyl (C=O) groups is 2. The summed E-state index contributed by atoms with van der Waals surface area (Å²) in [6.07, 6.45) is 1.48. The molecule has 3 aromatic rings. The highest BCUT2D eigenvalue weighted by Crippen LogP contribution is 2.37. The number of amides is 1. The maximum Gasteiger partial charge on any atom is 0.309 e. The normalized spacial score (nSPS) is 13.0. The molecule has 188 valence electrons. The van der Waals surface area contributed by atoms with Gasteiger partial charge in [0, 0.05) is 22.8 Å². The Labute approximate surface area is 214 Å². The van der Waals surface area contributed by atoms with Crippen LogP contribution in [-0.4, -0.2) is 41.1 Å². The van der Waals surface area contributed by atoms with Crippen LogP contribution in [0.3, 0.4) is 0 Å². The van der Waals surface area contributed by atoms with Crippen molar-refractivity contribution >= 4 is 44.9 Å². The van der Waals surface area contributed by atoms with Crippen molar-refractivity contribution in [3.05, 3.63) is 82.4 Å². The van der Waals surface area contributed by atoms with Gasteiger partial charge >= 0.3 is 5.97 Å². The van der Waals surface area contributed by atoms with Gasteiger partial charge in [-0.05, 0) is 66.4 Å². The van der Waals surface area contributed by atoms with Gasteiger partial charge < -0.3 is 14.8 Å². The molecule has 4 rings (SSSR count). The van der Waals surface area contributed by atoms with Crippen LogP contribution in [0.25, 0.3) is 0 Å². The van der Waals surface area contributed by atoms with Crippen LogP contribution in [0.2, 0.25) is 5.02 Å². The number of fused-ring (bicyclic) bond motifs is 1. The molecule has 1 N–H and O–H groups in total. The van der Waals surface area contributed by atoms with Crippen molar-refractivity contribution in [3.8, 4) is 5.75 Å². The predicted molar refractivity (Wildman–Crippen MR) is 137 cm³/mol. The number of sulfonamides is 1. The van der Waals surface area contributed by atoms with Crippen LogP contribution in [0, 0.1) is 0 Å². The molecule has 1 heterocycles. The van der Waals surface area contributed by atoms with Gasteiger partial charge in [-0.2, -0.15) is 0 Å². The minimum Gasteiger partial charge on any atom is -0.495 e. The van der Waals surface area contributed by atoms with Crippen molar-refractivity contribution in [2.24, 2.45) is 0 Å². The molecular formula is C26H25ClN2O6S. The van der Waals surface area contributed by atoms with Gasteiger partial charge in [0.2, 0.25) is 0 Å². The molecule has 1 aliphatic rings. The number of nitrogens with zero attached hydrogens (tertiary/aromatic N) is 1. The average molecular weight is 529 g/mol. The zero-order chi connectivity index (χ0) is 25.9. The lowest BCUT2D eigenvalue weighted by Crippen LogP contribution is -2.35. The zero-order valence-corrected chi connectivity index (χ0v) is 21.4. The molecule has 8 nitrogen and oxygen atoms in total. The molecule has 0 unspecified atom stereocenters. The summed E-state index contributed by atoms with van der Waals surface area (Å²) in [6.45, 7) is 0.282. The first-order valence-electron chi connectivity index (χ1n) is 11.2. The van der Waals surface area contributed by atoms with E-state index in [1.165, 1.54) is 30.7 Å². The predicted octanol–water partition coefficient (Wildman–Crippen LogP) is 4.46. The molecule has 0 bridgehead atoms. The average Bonchev–Trinajstić information content (AvgIpc) is 2.88. The van der Waals surface area contributed by atoms with Crippen molar-refractivity contribution in [1.82, 2.24) is 0 Å². The van der Waals surface area contributed by atoms with Crippen LogP contribution in [0.5, 0.6) is 5.75 Å². The van der Waals surface area contributed by atoms with Gasteiger partial charge in [-0.25, -0.2) is 8.42 Å². The van der Waals surface area contributed by atoms with E-state index in [0.29, 0.717) is 29.8 Å². The van der Waals surface area contributed by atoms with Crippen LogP contribution in [0.1, 0.15) is 27.9 Å². The Balaban J connectivity index is 1.60. The standard InChI is InChI=1S/C26H25ClN2O6S/c1-34-23-12-10-20(27)15-24(23)36(32,33)29-13-3-4-18-9-11-21(16-22(18)29)28-26(31)19-7-5-17(6-8-19)14-25(30)35-2/h5-12,15-16H,3-4,13-14H2,1-2H3,(H,28,31). The highest BCUT2D eigenvalue weighted by Gasteiger charge is 2.32. The molecule has 36 heavy (non-hydrogen) atoms. The number of benzene rings is 3. The van der Waals surface area contributed by atoms with Gasteiger partial charge in [0.05, 0.1) is 26.3 Å². The summed E-state index contributed by atoms with van der Waals surface area (Å²) < 4.78 is 38.5. The van der Waals surface area contributed by atoms with E-state index in [9.17, 15) is 18.0 Å². The van der Waals surface area contributed by atoms with E-state index >= 15 is 0 Å². The van der Waals surface area contributed by atoms with Crippen LogP contribution < -0.4 is 14.4 Å². The number of halogens is 1. The molecule has 10 heteroatoms. The summed E-state index contributed by atoms with van der Waals surface area (Å²) in [4.78, 5) is 24.2. The first-order chi connectivity index (χ1) is 17.2. The number of carbonyl (C=O) groups excluding carboxylic acids is 2. The van der Waals surface area contributed by atoms with E-state index in [1.807, 2.05) is 6.07 Å². The number of hydrogen-bond acceptors (Lipinski definition) is 6. The fourth-order valence-corrected chi connectivity index (χ4v) is 6.01. The molecular weight excluding hydrogens is 504 g/mol. The Morgan fingerprint density at radius 3 is 2.47 bits per heavy atom. The second kappa shape index (κ2) is 10.6. The zero-order valence-electron chi connectivity index (χ0n) is 19.8. The summed E-state index contributed by atoms with van der Waals surface area (Å²) in [5.41, 5.74) is 2.93. The number of ether oxygens (including phenoxy) is 2. The molecule has 0 fully saturated rings. The van der Waals surface area contributed by atoms with Gasteiger partial charge in [-0.1, -0.05) is 29.8 Å². The van der Waals surface area contributed by atoms with Gasteiger partial charge in [0.15, 0.2) is 0 Å². The quantitative estimate of drug-likeness (QED) is 0.454. The molecule has 0 radical (unpaired) electrons. The second-order valence-corrected chi connectivity index (χ2v) is 10.5. The molecule has 0 spiro atoms. The molecule has 0 saturated heterocycles. The van der Waals surface area contributed by atoms with Gasteiger partial charge in [0.25, 0.3) is 15.9 Å². The van der Waals surface area contributed by atoms with Crippen molar-refractivity contribution in [3.63, 3.8) is 0 Å². The van der Waals surface area contributed by atoms with Gasteiger partial charge in [-0.3, -0.25) is 13.9 Å². The number of esters is 1. The maximum atomic E-state index is 13.6. The maximum absolute atomic E-state index is 13.6. The number of hydrogen-bond donors (Lipinski definition) is 1. The fraction of sp³-hybridized carbons (Fsp3) is 0.231. The Kier molecular flexibility index (Phi) is 7.51. The molecule has 3 aromatic carbocycles. The van der Waals surface area contributed by atoms with Crippen molar-refractivity contribution in [2.45, 2.75) is 24.2 Å². The molecule has 0 aromatic heterocycles. The van der Waals surface area contributed by atoms with Crippen LogP contribution in [-0.2, 0) is 32.4 Å². The molecule has 0 aliphatic carbocycles. The van der Waals surface area contributed by atoms with E-state index < -0.39 is 10.0 Å². The van der Waals surface area contributed by atoms with Crippen molar-refractivity contribution < 1.29 is 27.5 Å². The van der Waals surface area contributed by atoms with Crippen LogP contribution >= 0.6 is 11.6 Å². The number of rotatable bonds is 7. The Hall–Kier alpha value is -3.56. The topological polar surface area (TPSA) is 102 Å². The van der Waals surface area contributed by atoms with E-state index in [0.717, 1.165) is 11.1 Å². The first kappa shape index (κ1) is 25.5. The van der Waals surface area contributed by atoms with E-state index in [1.54, 1.807) is 42.5 Å². The first-order valence-corrected chi connectivity index (χ1v) is 13.0. The summed E-state index contributed by atoms with van der Waals surface area (Å²) in [7, 11) is -1.26. The van der Waals surface area contributed by atoms with Crippen molar-refractivity contribution in [2.75, 3.05) is 30.4 Å². The number of methoxy groups -OCH3 is 2. The smallest absolute Gasteiger partial charge is 0.309 e. The largest absolute Gasteiger partial charge is 0.495 e. The van der Waals surface area contributed by atoms with Crippen LogP contribution in [0.4, 0.5) is 11.4 Å². The fourth-order valence-electron chi connectivity index (χ4n) is 4.06. The Bertz CT molecular complexity index is 1410. The molecule has 0 atom stereocenters. The van der Waals surface area contributed by atoms with E-state index in [2.05, 4.69) is 10.1 Å². The van der Waals surface area contributed by atoms with Gasteiger partial charge in [-0.15, -0.1) is 0 Å². The third kappa shape index (κ3) is 5.32. The molecule has 1 amide bonds. The highest BCUT2D eigenvalue weighted by atomic mass is 35.5. The second-order valence-electron chi connectivity index (χ2n) is 8.22. The van der Waals surface area contributed by atoms with Crippen molar-refractivity contribution in [1.29, 1.82) is 0 Å².